The molecule has 0 spiro atoms. The molecule has 26 heavy (non-hydrogen) atoms. The number of benzene rings is 1. The fraction of sp³-hybridized carbons (Fsp3) is 0.368. The topological polar surface area (TPSA) is 53.4 Å². The van der Waals surface area contributed by atoms with E-state index in [0.29, 0.717) is 22.3 Å². The highest BCUT2D eigenvalue weighted by Gasteiger charge is 2.17. The van der Waals surface area contributed by atoms with E-state index in [2.05, 4.69) is 5.10 Å². The lowest BCUT2D eigenvalue weighted by Crippen LogP contribution is -2.16. The lowest BCUT2D eigenvalue weighted by Gasteiger charge is -2.08. The van der Waals surface area contributed by atoms with Crippen molar-refractivity contribution < 1.29 is 14.3 Å². The van der Waals surface area contributed by atoms with Crippen molar-refractivity contribution in [2.75, 3.05) is 13.2 Å². The Balaban J connectivity index is 1.65. The molecule has 0 N–H and O–H groups in total. The highest BCUT2D eigenvalue weighted by molar-refractivity contribution is 6.32. The summed E-state index contributed by atoms with van der Waals surface area (Å²) in [6.07, 6.45) is 4.95. The molecule has 0 aliphatic carbocycles. The van der Waals surface area contributed by atoms with Gasteiger partial charge in [0.1, 0.15) is 11.8 Å². The second-order valence-corrected chi connectivity index (χ2v) is 6.90. The van der Waals surface area contributed by atoms with Crippen LogP contribution in [0.15, 0.2) is 30.3 Å². The first-order valence-electron chi connectivity index (χ1n) is 8.47. The van der Waals surface area contributed by atoms with E-state index in [0.717, 1.165) is 30.7 Å². The second-order valence-electron chi connectivity index (χ2n) is 6.14. The summed E-state index contributed by atoms with van der Waals surface area (Å²) in [4.78, 5) is 11.9. The third-order valence-electron chi connectivity index (χ3n) is 4.21. The molecule has 1 unspecified atom stereocenters. The van der Waals surface area contributed by atoms with Gasteiger partial charge in [-0.2, -0.15) is 5.10 Å². The van der Waals surface area contributed by atoms with Gasteiger partial charge in [-0.15, -0.1) is 0 Å². The van der Waals surface area contributed by atoms with E-state index in [1.54, 1.807) is 10.8 Å². The molecule has 0 saturated carbocycles. The first-order valence-corrected chi connectivity index (χ1v) is 9.23. The van der Waals surface area contributed by atoms with Crippen LogP contribution in [0.1, 0.15) is 29.7 Å². The minimum atomic E-state index is -0.421. The zero-order valence-corrected chi connectivity index (χ0v) is 16.0. The molecular formula is C19H20Cl2N2O3. The number of aryl methyl sites for hydroxylation is 1. The van der Waals surface area contributed by atoms with Gasteiger partial charge < -0.3 is 9.47 Å². The highest BCUT2D eigenvalue weighted by atomic mass is 35.5. The van der Waals surface area contributed by atoms with E-state index in [4.69, 9.17) is 32.7 Å². The van der Waals surface area contributed by atoms with Crippen molar-refractivity contribution in [2.24, 2.45) is 0 Å². The van der Waals surface area contributed by atoms with Gasteiger partial charge in [0.25, 0.3) is 0 Å². The van der Waals surface area contributed by atoms with Gasteiger partial charge in [-0.3, -0.25) is 0 Å². The summed E-state index contributed by atoms with van der Waals surface area (Å²) in [6, 6.07) is 7.54. The number of nitrogens with zero attached hydrogens (tertiary/aromatic N) is 2. The Morgan fingerprint density at radius 1 is 1.42 bits per heavy atom. The Morgan fingerprint density at radius 3 is 2.96 bits per heavy atom. The van der Waals surface area contributed by atoms with Crippen LogP contribution < -0.4 is 0 Å². The van der Waals surface area contributed by atoms with Crippen LogP contribution in [0.5, 0.6) is 0 Å². The minimum Gasteiger partial charge on any atom is -0.460 e. The van der Waals surface area contributed by atoms with Gasteiger partial charge in [-0.25, -0.2) is 9.48 Å². The molecule has 1 fully saturated rings. The number of esters is 1. The molecule has 0 radical (unpaired) electrons. The first kappa shape index (κ1) is 19.0. The molecule has 0 bridgehead atoms. The van der Waals surface area contributed by atoms with Crippen molar-refractivity contribution in [3.63, 3.8) is 0 Å². The predicted molar refractivity (Wildman–Crippen MR) is 101 cm³/mol. The molecule has 1 saturated heterocycles. The van der Waals surface area contributed by atoms with Crippen LogP contribution in [0.2, 0.25) is 10.2 Å². The zero-order valence-electron chi connectivity index (χ0n) is 14.5. The number of aromatic nitrogens is 2. The summed E-state index contributed by atoms with van der Waals surface area (Å²) in [5, 5.41) is 5.54. The highest BCUT2D eigenvalue weighted by Crippen LogP contribution is 2.24. The summed E-state index contributed by atoms with van der Waals surface area (Å²) in [6.45, 7) is 3.31. The second kappa shape index (κ2) is 8.71. The predicted octanol–water partition coefficient (Wildman–Crippen LogP) is 4.28. The van der Waals surface area contributed by atoms with E-state index in [9.17, 15) is 4.79 Å². The Kier molecular flexibility index (Phi) is 6.35. The van der Waals surface area contributed by atoms with Crippen LogP contribution >= 0.6 is 23.2 Å². The molecular weight excluding hydrogens is 375 g/mol. The normalized spacial score (nSPS) is 17.1. The standard InChI is InChI=1S/C19H20Cl2N2O3/c1-13-16(8-9-18(24)26-12-15-6-4-10-25-15)19(21)23(22-13)11-14-5-2-3-7-17(14)20/h2-3,5,7-9,15H,4,6,10-12H2,1H3/b9-8+. The SMILES string of the molecule is Cc1nn(Cc2ccccc2Cl)c(Cl)c1/C=C/C(=O)OCC1CCCO1. The number of ether oxygens (including phenoxy) is 2. The van der Waals surface area contributed by atoms with Gasteiger partial charge in [0.15, 0.2) is 0 Å². The summed E-state index contributed by atoms with van der Waals surface area (Å²) >= 11 is 12.6. The van der Waals surface area contributed by atoms with Crippen molar-refractivity contribution in [1.82, 2.24) is 9.78 Å². The maximum Gasteiger partial charge on any atom is 0.330 e. The van der Waals surface area contributed by atoms with E-state index in [1.807, 2.05) is 31.2 Å². The van der Waals surface area contributed by atoms with Crippen molar-refractivity contribution in [3.05, 3.63) is 57.3 Å². The summed E-state index contributed by atoms with van der Waals surface area (Å²) in [5.74, 6) is -0.421. The molecule has 2 heterocycles. The molecule has 1 aliphatic heterocycles. The lowest BCUT2D eigenvalue weighted by atomic mass is 10.2. The average molecular weight is 395 g/mol. The Bertz CT molecular complexity index is 811. The van der Waals surface area contributed by atoms with Gasteiger partial charge in [0.2, 0.25) is 0 Å². The number of halogens is 2. The quantitative estimate of drug-likeness (QED) is 0.541. The molecule has 7 heteroatoms. The van der Waals surface area contributed by atoms with Crippen LogP contribution in [0.25, 0.3) is 6.08 Å². The smallest absolute Gasteiger partial charge is 0.330 e. The number of carbonyl (C=O) groups is 1. The van der Waals surface area contributed by atoms with Crippen LogP contribution in [0, 0.1) is 6.92 Å². The van der Waals surface area contributed by atoms with Crippen LogP contribution in [0.4, 0.5) is 0 Å². The number of rotatable bonds is 6. The fourth-order valence-electron chi connectivity index (χ4n) is 2.80. The molecule has 0 amide bonds. The monoisotopic (exact) mass is 394 g/mol. The molecule has 2 aromatic rings. The van der Waals surface area contributed by atoms with Gasteiger partial charge >= 0.3 is 5.97 Å². The molecule has 3 rings (SSSR count). The van der Waals surface area contributed by atoms with Crippen molar-refractivity contribution in [3.8, 4) is 0 Å². The van der Waals surface area contributed by atoms with E-state index in [-0.39, 0.29) is 12.7 Å². The average Bonchev–Trinajstić information content (AvgIpc) is 3.23. The third-order valence-corrected chi connectivity index (χ3v) is 4.98. The number of hydrogen-bond acceptors (Lipinski definition) is 4. The Hall–Kier alpha value is -1.82. The van der Waals surface area contributed by atoms with Crippen LogP contribution in [-0.2, 0) is 20.8 Å². The summed E-state index contributed by atoms with van der Waals surface area (Å²) in [5.41, 5.74) is 2.34. The maximum absolute atomic E-state index is 11.9. The summed E-state index contributed by atoms with van der Waals surface area (Å²) < 4.78 is 12.3. The number of hydrogen-bond donors (Lipinski definition) is 0. The van der Waals surface area contributed by atoms with Crippen molar-refractivity contribution in [1.29, 1.82) is 0 Å². The minimum absolute atomic E-state index is 0.0102. The first-order chi connectivity index (χ1) is 12.5. The maximum atomic E-state index is 11.9. The molecule has 1 aliphatic rings. The van der Waals surface area contributed by atoms with Crippen LogP contribution in [-0.4, -0.2) is 35.1 Å². The number of carbonyl (C=O) groups excluding carboxylic acids is 1. The largest absolute Gasteiger partial charge is 0.460 e. The Morgan fingerprint density at radius 2 is 2.23 bits per heavy atom. The van der Waals surface area contributed by atoms with Crippen molar-refractivity contribution >= 4 is 35.2 Å². The third kappa shape index (κ3) is 4.67. The Labute approximate surface area is 162 Å². The van der Waals surface area contributed by atoms with E-state index >= 15 is 0 Å². The van der Waals surface area contributed by atoms with E-state index < -0.39 is 5.97 Å². The van der Waals surface area contributed by atoms with Gasteiger partial charge in [0.05, 0.1) is 18.3 Å². The fourth-order valence-corrected chi connectivity index (χ4v) is 3.29. The molecule has 1 atom stereocenters. The summed E-state index contributed by atoms with van der Waals surface area (Å²) in [7, 11) is 0. The van der Waals surface area contributed by atoms with E-state index in [1.165, 1.54) is 6.08 Å². The van der Waals surface area contributed by atoms with Crippen molar-refractivity contribution in [2.45, 2.75) is 32.4 Å². The van der Waals surface area contributed by atoms with Crippen LogP contribution in [0.3, 0.4) is 0 Å². The molecule has 138 valence electrons. The zero-order chi connectivity index (χ0) is 18.5. The van der Waals surface area contributed by atoms with Gasteiger partial charge in [-0.1, -0.05) is 41.4 Å². The molecule has 5 nitrogen and oxygen atoms in total. The lowest BCUT2D eigenvalue weighted by molar-refractivity contribution is -0.140. The molecule has 1 aromatic heterocycles. The van der Waals surface area contributed by atoms with Gasteiger partial charge in [-0.05, 0) is 37.5 Å². The molecule has 1 aromatic carbocycles. The van der Waals surface area contributed by atoms with Gasteiger partial charge in [0, 0.05) is 23.3 Å².